The molecular formula is C12H15NO2S. The van der Waals surface area contributed by atoms with E-state index in [1.807, 2.05) is 18.2 Å². The molecule has 1 rings (SSSR count). The lowest BCUT2D eigenvalue weighted by atomic mass is 10.0. The van der Waals surface area contributed by atoms with Crippen LogP contribution in [0.2, 0.25) is 0 Å². The van der Waals surface area contributed by atoms with Crippen LogP contribution in [0.25, 0.3) is 6.08 Å². The summed E-state index contributed by atoms with van der Waals surface area (Å²) in [5, 5.41) is 0. The third-order valence-electron chi connectivity index (χ3n) is 2.29. The molecule has 0 heterocycles. The second-order valence-corrected chi connectivity index (χ2v) is 3.72. The normalized spacial score (nSPS) is 10.7. The van der Waals surface area contributed by atoms with Gasteiger partial charge in [-0.3, -0.25) is 0 Å². The minimum Gasteiger partial charge on any atom is -0.465 e. The molecule has 16 heavy (non-hydrogen) atoms. The van der Waals surface area contributed by atoms with Crippen LogP contribution in [-0.2, 0) is 4.74 Å². The van der Waals surface area contributed by atoms with Gasteiger partial charge in [-0.25, -0.2) is 4.79 Å². The molecule has 1 aromatic carbocycles. The van der Waals surface area contributed by atoms with Crippen molar-refractivity contribution >= 4 is 30.4 Å². The summed E-state index contributed by atoms with van der Waals surface area (Å²) in [7, 11) is 1.36. The highest BCUT2D eigenvalue weighted by molar-refractivity contribution is 7.80. The maximum Gasteiger partial charge on any atom is 0.338 e. The highest BCUT2D eigenvalue weighted by Crippen LogP contribution is 2.20. The summed E-state index contributed by atoms with van der Waals surface area (Å²) in [6.45, 7) is 1.80. The van der Waals surface area contributed by atoms with Crippen LogP contribution in [0.4, 0.5) is 5.69 Å². The quantitative estimate of drug-likeness (QED) is 0.482. The van der Waals surface area contributed by atoms with Crippen molar-refractivity contribution in [3.8, 4) is 0 Å². The van der Waals surface area contributed by atoms with E-state index in [0.717, 1.165) is 11.1 Å². The number of carbonyl (C=O) groups is 1. The van der Waals surface area contributed by atoms with Gasteiger partial charge in [-0.15, -0.1) is 0 Å². The number of rotatable bonds is 3. The lowest BCUT2D eigenvalue weighted by molar-refractivity contribution is 0.0600. The van der Waals surface area contributed by atoms with Crippen molar-refractivity contribution in [1.29, 1.82) is 0 Å². The average molecular weight is 237 g/mol. The Morgan fingerprint density at radius 3 is 2.81 bits per heavy atom. The van der Waals surface area contributed by atoms with E-state index in [-0.39, 0.29) is 5.97 Å². The van der Waals surface area contributed by atoms with Crippen LogP contribution in [-0.4, -0.2) is 18.8 Å². The molecule has 0 bridgehead atoms. The minimum atomic E-state index is -0.370. The van der Waals surface area contributed by atoms with Gasteiger partial charge >= 0.3 is 5.97 Å². The first-order chi connectivity index (χ1) is 7.60. The Hall–Kier alpha value is -1.42. The number of nitrogens with two attached hydrogens (primary N) is 1. The third-order valence-corrected chi connectivity index (χ3v) is 2.50. The topological polar surface area (TPSA) is 52.3 Å². The molecule has 1 aromatic rings. The molecule has 0 spiro atoms. The van der Waals surface area contributed by atoms with Crippen LogP contribution >= 0.6 is 12.6 Å². The number of nitrogen functional groups attached to an aromatic ring is 1. The Kier molecular flexibility index (Phi) is 4.43. The molecule has 0 saturated carbocycles. The van der Waals surface area contributed by atoms with Gasteiger partial charge in [0.05, 0.1) is 12.7 Å². The maximum absolute atomic E-state index is 11.5. The summed E-state index contributed by atoms with van der Waals surface area (Å²) in [6.07, 6.45) is 3.75. The number of ether oxygens (including phenoxy) is 1. The number of carbonyl (C=O) groups excluding carboxylic acids is 1. The number of hydrogen-bond acceptors (Lipinski definition) is 4. The summed E-state index contributed by atoms with van der Waals surface area (Å²) in [6, 6.07) is 3.58. The summed E-state index contributed by atoms with van der Waals surface area (Å²) in [5.41, 5.74) is 8.53. The molecule has 0 fully saturated rings. The molecule has 0 aliphatic heterocycles. The fourth-order valence-corrected chi connectivity index (χ4v) is 1.47. The SMILES string of the molecule is COC(=O)c1cc(C=CCS)cc(N)c1C. The van der Waals surface area contributed by atoms with Gasteiger partial charge in [0.2, 0.25) is 0 Å². The van der Waals surface area contributed by atoms with Crippen LogP contribution in [0.3, 0.4) is 0 Å². The molecule has 0 atom stereocenters. The second kappa shape index (κ2) is 5.61. The van der Waals surface area contributed by atoms with Crippen molar-refractivity contribution in [2.24, 2.45) is 0 Å². The van der Waals surface area contributed by atoms with Gasteiger partial charge in [0.25, 0.3) is 0 Å². The first-order valence-electron chi connectivity index (χ1n) is 4.86. The molecule has 3 nitrogen and oxygen atoms in total. The van der Waals surface area contributed by atoms with Crippen molar-refractivity contribution in [3.63, 3.8) is 0 Å². The maximum atomic E-state index is 11.5. The molecule has 2 N–H and O–H groups in total. The zero-order chi connectivity index (χ0) is 12.1. The van der Waals surface area contributed by atoms with E-state index in [9.17, 15) is 4.79 Å². The van der Waals surface area contributed by atoms with Crippen molar-refractivity contribution in [3.05, 3.63) is 34.9 Å². The molecule has 0 amide bonds. The summed E-state index contributed by atoms with van der Waals surface area (Å²) in [5.74, 6) is 0.270. The molecule has 4 heteroatoms. The van der Waals surface area contributed by atoms with Gasteiger partial charge in [-0.2, -0.15) is 12.6 Å². The third kappa shape index (κ3) is 2.79. The molecule has 86 valence electrons. The summed E-state index contributed by atoms with van der Waals surface area (Å²) in [4.78, 5) is 11.5. The predicted octanol–water partition coefficient (Wildman–Crippen LogP) is 2.31. The number of benzene rings is 1. The van der Waals surface area contributed by atoms with Crippen molar-refractivity contribution in [2.75, 3.05) is 18.6 Å². The Bertz CT molecular complexity index is 427. The van der Waals surface area contributed by atoms with E-state index in [2.05, 4.69) is 12.6 Å². The van der Waals surface area contributed by atoms with Crippen LogP contribution in [0.1, 0.15) is 21.5 Å². The van der Waals surface area contributed by atoms with Crippen LogP contribution < -0.4 is 5.73 Å². The zero-order valence-corrected chi connectivity index (χ0v) is 10.3. The van der Waals surface area contributed by atoms with E-state index >= 15 is 0 Å². The number of hydrogen-bond donors (Lipinski definition) is 2. The average Bonchev–Trinajstić information content (AvgIpc) is 2.29. The van der Waals surface area contributed by atoms with E-state index in [0.29, 0.717) is 17.0 Å². The molecular weight excluding hydrogens is 222 g/mol. The van der Waals surface area contributed by atoms with Crippen molar-refractivity contribution < 1.29 is 9.53 Å². The first kappa shape index (κ1) is 12.6. The zero-order valence-electron chi connectivity index (χ0n) is 9.36. The number of anilines is 1. The van der Waals surface area contributed by atoms with Crippen LogP contribution in [0.5, 0.6) is 0 Å². The standard InChI is InChI=1S/C12H15NO2S/c1-8-10(12(14)15-2)6-9(4-3-5-16)7-11(8)13/h3-4,6-7,16H,5,13H2,1-2H3. The molecule has 0 aliphatic rings. The minimum absolute atomic E-state index is 0.370. The fourth-order valence-electron chi connectivity index (χ4n) is 1.37. The predicted molar refractivity (Wildman–Crippen MR) is 69.8 cm³/mol. The smallest absolute Gasteiger partial charge is 0.338 e. The first-order valence-corrected chi connectivity index (χ1v) is 5.49. The van der Waals surface area contributed by atoms with Gasteiger partial charge in [-0.05, 0) is 30.2 Å². The lowest BCUT2D eigenvalue weighted by Gasteiger charge is -2.08. The molecule has 0 unspecified atom stereocenters. The Morgan fingerprint density at radius 1 is 1.56 bits per heavy atom. The van der Waals surface area contributed by atoms with E-state index in [4.69, 9.17) is 10.5 Å². The summed E-state index contributed by atoms with van der Waals surface area (Å²) >= 11 is 4.07. The molecule has 0 saturated heterocycles. The van der Waals surface area contributed by atoms with Crippen molar-refractivity contribution in [1.82, 2.24) is 0 Å². The van der Waals surface area contributed by atoms with Gasteiger partial charge in [0.15, 0.2) is 0 Å². The summed E-state index contributed by atoms with van der Waals surface area (Å²) < 4.78 is 4.70. The van der Waals surface area contributed by atoms with Crippen molar-refractivity contribution in [2.45, 2.75) is 6.92 Å². The number of esters is 1. The Labute approximate surface area is 101 Å². The van der Waals surface area contributed by atoms with Gasteiger partial charge in [-0.1, -0.05) is 12.2 Å². The van der Waals surface area contributed by atoms with Gasteiger partial charge in [0, 0.05) is 11.4 Å². The largest absolute Gasteiger partial charge is 0.465 e. The highest BCUT2D eigenvalue weighted by atomic mass is 32.1. The molecule has 0 aliphatic carbocycles. The van der Waals surface area contributed by atoms with E-state index in [1.165, 1.54) is 7.11 Å². The van der Waals surface area contributed by atoms with Crippen LogP contribution in [0.15, 0.2) is 18.2 Å². The lowest BCUT2D eigenvalue weighted by Crippen LogP contribution is -2.06. The van der Waals surface area contributed by atoms with Crippen LogP contribution in [0, 0.1) is 6.92 Å². The second-order valence-electron chi connectivity index (χ2n) is 3.36. The van der Waals surface area contributed by atoms with Gasteiger partial charge < -0.3 is 10.5 Å². The number of thiol groups is 1. The molecule has 0 radical (unpaired) electrons. The van der Waals surface area contributed by atoms with E-state index < -0.39 is 0 Å². The molecule has 0 aromatic heterocycles. The highest BCUT2D eigenvalue weighted by Gasteiger charge is 2.11. The fraction of sp³-hybridized carbons (Fsp3) is 0.250. The Morgan fingerprint density at radius 2 is 2.25 bits per heavy atom. The Balaban J connectivity index is 3.22. The van der Waals surface area contributed by atoms with E-state index in [1.54, 1.807) is 13.0 Å². The van der Waals surface area contributed by atoms with Gasteiger partial charge in [0.1, 0.15) is 0 Å². The monoisotopic (exact) mass is 237 g/mol. The number of methoxy groups -OCH3 is 1.